The molecule has 4 rings (SSSR count). The molecule has 1 saturated carbocycles. The molecule has 2 amide bonds. The second-order valence-electron chi connectivity index (χ2n) is 8.14. The fourth-order valence-electron chi connectivity index (χ4n) is 4.42. The van der Waals surface area contributed by atoms with E-state index in [1.807, 2.05) is 17.2 Å². The molecule has 1 aromatic carbocycles. The van der Waals surface area contributed by atoms with Crippen molar-refractivity contribution < 1.29 is 9.59 Å². The van der Waals surface area contributed by atoms with Gasteiger partial charge in [-0.25, -0.2) is 4.98 Å². The van der Waals surface area contributed by atoms with Gasteiger partial charge in [-0.3, -0.25) is 14.5 Å². The molecule has 29 heavy (non-hydrogen) atoms. The highest BCUT2D eigenvalue weighted by atomic mass is 32.1. The normalized spacial score (nSPS) is 16.7. The van der Waals surface area contributed by atoms with Crippen LogP contribution in [0.1, 0.15) is 57.4 Å². The number of amides is 2. The number of hydrogen-bond donors (Lipinski definition) is 0. The van der Waals surface area contributed by atoms with Gasteiger partial charge in [-0.15, -0.1) is 11.3 Å². The molecular formula is C23H29N3O2S. The Morgan fingerprint density at radius 2 is 2.03 bits per heavy atom. The van der Waals surface area contributed by atoms with Crippen LogP contribution in [0.3, 0.4) is 0 Å². The average molecular weight is 412 g/mol. The van der Waals surface area contributed by atoms with Crippen LogP contribution in [0.25, 0.3) is 11.3 Å². The van der Waals surface area contributed by atoms with Gasteiger partial charge in [0, 0.05) is 42.6 Å². The Balaban J connectivity index is 1.55. The summed E-state index contributed by atoms with van der Waals surface area (Å²) in [7, 11) is 1.79. The molecule has 1 aliphatic carbocycles. The summed E-state index contributed by atoms with van der Waals surface area (Å²) in [5, 5.41) is 2.74. The van der Waals surface area contributed by atoms with Gasteiger partial charge >= 0.3 is 0 Å². The number of aromatic nitrogens is 1. The van der Waals surface area contributed by atoms with E-state index in [-0.39, 0.29) is 11.8 Å². The summed E-state index contributed by atoms with van der Waals surface area (Å²) in [4.78, 5) is 33.5. The largest absolute Gasteiger partial charge is 0.312 e. The average Bonchev–Trinajstić information content (AvgIpc) is 3.44. The summed E-state index contributed by atoms with van der Waals surface area (Å²) in [6.07, 6.45) is 7.80. The van der Waals surface area contributed by atoms with Crippen LogP contribution in [0.2, 0.25) is 0 Å². The minimum Gasteiger partial charge on any atom is -0.312 e. The van der Waals surface area contributed by atoms with Crippen LogP contribution in [0.5, 0.6) is 0 Å². The van der Waals surface area contributed by atoms with E-state index in [1.165, 1.54) is 29.7 Å². The number of benzene rings is 1. The van der Waals surface area contributed by atoms with E-state index < -0.39 is 0 Å². The van der Waals surface area contributed by atoms with E-state index in [0.29, 0.717) is 12.3 Å². The maximum Gasteiger partial charge on any atom is 0.230 e. The summed E-state index contributed by atoms with van der Waals surface area (Å²) < 4.78 is 0. The van der Waals surface area contributed by atoms with Crippen molar-refractivity contribution in [3.63, 3.8) is 0 Å². The van der Waals surface area contributed by atoms with E-state index in [0.717, 1.165) is 60.7 Å². The van der Waals surface area contributed by atoms with Crippen LogP contribution in [-0.4, -0.2) is 30.4 Å². The fourth-order valence-corrected chi connectivity index (χ4v) is 5.23. The third-order valence-corrected chi connectivity index (χ3v) is 7.00. The molecule has 0 radical (unpaired) electrons. The second-order valence-corrected chi connectivity index (χ2v) is 8.97. The minimum atomic E-state index is 0.0971. The van der Waals surface area contributed by atoms with Crippen LogP contribution in [0.15, 0.2) is 23.6 Å². The first-order valence-corrected chi connectivity index (χ1v) is 11.6. The molecule has 0 saturated heterocycles. The number of carbonyl (C=O) groups excluding carboxylic acids is 2. The molecule has 0 N–H and O–H groups in total. The van der Waals surface area contributed by atoms with Gasteiger partial charge in [0.2, 0.25) is 11.8 Å². The molecule has 1 fully saturated rings. The second kappa shape index (κ2) is 8.66. The van der Waals surface area contributed by atoms with Crippen LogP contribution >= 0.6 is 11.3 Å². The topological polar surface area (TPSA) is 53.5 Å². The Morgan fingerprint density at radius 1 is 1.24 bits per heavy atom. The number of anilines is 2. The zero-order chi connectivity index (χ0) is 20.4. The van der Waals surface area contributed by atoms with Gasteiger partial charge in [-0.05, 0) is 49.8 Å². The lowest BCUT2D eigenvalue weighted by Crippen LogP contribution is -2.39. The highest BCUT2D eigenvalue weighted by Crippen LogP contribution is 2.36. The molecule has 5 nitrogen and oxygen atoms in total. The van der Waals surface area contributed by atoms with Crippen LogP contribution < -0.4 is 9.80 Å². The lowest BCUT2D eigenvalue weighted by atomic mass is 9.96. The molecule has 0 bridgehead atoms. The van der Waals surface area contributed by atoms with Crippen molar-refractivity contribution in [1.82, 2.24) is 4.98 Å². The number of rotatable bonds is 5. The van der Waals surface area contributed by atoms with Crippen LogP contribution in [0, 0.1) is 5.92 Å². The monoisotopic (exact) mass is 411 g/mol. The Kier molecular flexibility index (Phi) is 5.99. The van der Waals surface area contributed by atoms with E-state index in [2.05, 4.69) is 18.2 Å². The zero-order valence-corrected chi connectivity index (χ0v) is 18.1. The van der Waals surface area contributed by atoms with Gasteiger partial charge in [-0.2, -0.15) is 0 Å². The maximum absolute atomic E-state index is 13.0. The molecule has 2 aliphatic rings. The molecule has 0 unspecified atom stereocenters. The van der Waals surface area contributed by atoms with Crippen molar-refractivity contribution in [1.29, 1.82) is 0 Å². The third-order valence-electron chi connectivity index (χ3n) is 6.08. The first kappa shape index (κ1) is 20.1. The molecule has 154 valence electrons. The van der Waals surface area contributed by atoms with Crippen LogP contribution in [-0.2, 0) is 16.0 Å². The Hall–Kier alpha value is -2.21. The van der Waals surface area contributed by atoms with Gasteiger partial charge in [0.05, 0.1) is 5.69 Å². The third kappa shape index (κ3) is 4.08. The molecule has 0 atom stereocenters. The molecule has 0 spiro atoms. The number of carbonyl (C=O) groups is 2. The van der Waals surface area contributed by atoms with E-state index in [1.54, 1.807) is 11.9 Å². The lowest BCUT2D eigenvalue weighted by molar-refractivity contribution is -0.122. The van der Waals surface area contributed by atoms with E-state index in [9.17, 15) is 9.59 Å². The van der Waals surface area contributed by atoms with E-state index >= 15 is 0 Å². The molecule has 2 heterocycles. The quantitative estimate of drug-likeness (QED) is 0.692. The van der Waals surface area contributed by atoms with Gasteiger partial charge in [0.25, 0.3) is 0 Å². The lowest BCUT2D eigenvalue weighted by Gasteiger charge is -2.31. The standard InChI is InChI=1S/C23H29N3O2S/c1-3-7-21(27)25(2)23-24-19(15-29-23)17-11-12-20-18(14-17)10-6-13-26(20)22(28)16-8-4-5-9-16/h11-12,14-16H,3-10,13H2,1-2H3. The number of nitrogens with zero attached hydrogens (tertiary/aromatic N) is 3. The van der Waals surface area contributed by atoms with Crippen molar-refractivity contribution in [2.75, 3.05) is 23.4 Å². The number of thiazole rings is 1. The molecular weight excluding hydrogens is 382 g/mol. The zero-order valence-electron chi connectivity index (χ0n) is 17.3. The first-order chi connectivity index (χ1) is 14.1. The molecule has 1 aromatic heterocycles. The predicted molar refractivity (Wildman–Crippen MR) is 119 cm³/mol. The Bertz CT molecular complexity index is 901. The number of fused-ring (bicyclic) bond motifs is 1. The SMILES string of the molecule is CCCC(=O)N(C)c1nc(-c2ccc3c(c2)CCCN3C(=O)C2CCCC2)cs1. The van der Waals surface area contributed by atoms with Crippen LogP contribution in [0.4, 0.5) is 10.8 Å². The van der Waals surface area contributed by atoms with Gasteiger partial charge in [0.1, 0.15) is 0 Å². The Morgan fingerprint density at radius 3 is 2.79 bits per heavy atom. The van der Waals surface area contributed by atoms with Crippen molar-refractivity contribution in [3.05, 3.63) is 29.1 Å². The van der Waals surface area contributed by atoms with Crippen molar-refractivity contribution in [2.24, 2.45) is 5.92 Å². The van der Waals surface area contributed by atoms with Gasteiger partial charge < -0.3 is 4.90 Å². The highest BCUT2D eigenvalue weighted by Gasteiger charge is 2.30. The van der Waals surface area contributed by atoms with Crippen molar-refractivity contribution in [2.45, 2.75) is 58.3 Å². The molecule has 6 heteroatoms. The highest BCUT2D eigenvalue weighted by molar-refractivity contribution is 7.14. The van der Waals surface area contributed by atoms with Crippen molar-refractivity contribution in [3.8, 4) is 11.3 Å². The Labute approximate surface area is 176 Å². The minimum absolute atomic E-state index is 0.0971. The first-order valence-electron chi connectivity index (χ1n) is 10.7. The number of hydrogen-bond acceptors (Lipinski definition) is 4. The van der Waals surface area contributed by atoms with E-state index in [4.69, 9.17) is 4.98 Å². The summed E-state index contributed by atoms with van der Waals surface area (Å²) in [6, 6.07) is 6.32. The number of aryl methyl sites for hydroxylation is 1. The van der Waals surface area contributed by atoms with Crippen molar-refractivity contribution >= 4 is 34.0 Å². The van der Waals surface area contributed by atoms with Gasteiger partial charge in [0.15, 0.2) is 5.13 Å². The molecule has 1 aliphatic heterocycles. The fraction of sp³-hybridized carbons (Fsp3) is 0.522. The van der Waals surface area contributed by atoms with Gasteiger partial charge in [-0.1, -0.05) is 25.8 Å². The summed E-state index contributed by atoms with van der Waals surface area (Å²) in [5.74, 6) is 0.612. The molecule has 2 aromatic rings. The summed E-state index contributed by atoms with van der Waals surface area (Å²) >= 11 is 1.50. The summed E-state index contributed by atoms with van der Waals surface area (Å²) in [6.45, 7) is 2.83. The summed E-state index contributed by atoms with van der Waals surface area (Å²) in [5.41, 5.74) is 4.24. The smallest absolute Gasteiger partial charge is 0.230 e. The predicted octanol–water partition coefficient (Wildman–Crippen LogP) is 5.04. The maximum atomic E-state index is 13.0.